The maximum absolute atomic E-state index is 5.99. The molecule has 30 heavy (non-hydrogen) atoms. The Morgan fingerprint density at radius 3 is 2.07 bits per heavy atom. The summed E-state index contributed by atoms with van der Waals surface area (Å²) in [5, 5.41) is 1.04. The van der Waals surface area contributed by atoms with Gasteiger partial charge in [-0.25, -0.2) is 9.97 Å². The van der Waals surface area contributed by atoms with Crippen LogP contribution in [-0.4, -0.2) is 16.6 Å². The second-order valence-electron chi connectivity index (χ2n) is 8.10. The molecule has 0 N–H and O–H groups in total. The summed E-state index contributed by atoms with van der Waals surface area (Å²) in [5.41, 5.74) is 1.24. The molecule has 3 nitrogen and oxygen atoms in total. The van der Waals surface area contributed by atoms with Crippen LogP contribution in [0.3, 0.4) is 0 Å². The van der Waals surface area contributed by atoms with Gasteiger partial charge in [-0.1, -0.05) is 83.0 Å². The molecule has 3 heterocycles. The number of hydrogen-bond acceptors (Lipinski definition) is 5. The van der Waals surface area contributed by atoms with E-state index in [0.717, 1.165) is 35.2 Å². The number of thiophene rings is 2. The third kappa shape index (κ3) is 7.35. The quantitative estimate of drug-likeness (QED) is 0.220. The first kappa shape index (κ1) is 23.2. The largest absolute Gasteiger partial charge is 0.484 e. The van der Waals surface area contributed by atoms with Gasteiger partial charge in [-0.3, -0.25) is 0 Å². The lowest BCUT2D eigenvalue weighted by molar-refractivity contribution is 0.313. The molecule has 0 saturated heterocycles. The molecule has 3 rings (SSSR count). The molecule has 0 radical (unpaired) electrons. The Morgan fingerprint density at radius 2 is 1.37 bits per heavy atom. The van der Waals surface area contributed by atoms with Gasteiger partial charge < -0.3 is 4.74 Å². The molecule has 0 fully saturated rings. The lowest BCUT2D eigenvalue weighted by Gasteiger charge is -2.03. The molecule has 3 aromatic rings. The Morgan fingerprint density at radius 1 is 0.733 bits per heavy atom. The van der Waals surface area contributed by atoms with Crippen LogP contribution in [-0.2, 0) is 6.42 Å². The van der Waals surface area contributed by atoms with E-state index < -0.39 is 0 Å². The van der Waals surface area contributed by atoms with Crippen molar-refractivity contribution in [3.05, 3.63) is 30.1 Å². The van der Waals surface area contributed by atoms with E-state index in [-0.39, 0.29) is 0 Å². The van der Waals surface area contributed by atoms with E-state index >= 15 is 0 Å². The van der Waals surface area contributed by atoms with Gasteiger partial charge in [0.15, 0.2) is 10.9 Å². The van der Waals surface area contributed by atoms with Crippen molar-refractivity contribution in [1.82, 2.24) is 9.97 Å². The van der Waals surface area contributed by atoms with Crippen molar-refractivity contribution in [1.29, 1.82) is 0 Å². The van der Waals surface area contributed by atoms with Crippen molar-refractivity contribution >= 4 is 32.1 Å². The molecule has 3 aromatic heterocycles. The molecular formula is C25H36N2OS2. The summed E-state index contributed by atoms with van der Waals surface area (Å²) in [6.45, 7) is 5.34. The zero-order chi connectivity index (χ0) is 21.0. The maximum Gasteiger partial charge on any atom is 0.175 e. The fourth-order valence-electron chi connectivity index (χ4n) is 3.59. The molecular weight excluding hydrogens is 408 g/mol. The molecule has 5 heteroatoms. The highest BCUT2D eigenvalue weighted by molar-refractivity contribution is 7.30. The van der Waals surface area contributed by atoms with Crippen LogP contribution in [0.1, 0.15) is 90.0 Å². The number of aryl methyl sites for hydroxylation is 1. The SMILES string of the molecule is CCCCCCCCCOc1cc2sc(-c3ncc(CCCCCC)cn3)cc2s1. The number of fused-ring (bicyclic) bond motifs is 1. The fourth-order valence-corrected chi connectivity index (χ4v) is 5.80. The molecule has 0 unspecified atom stereocenters. The fraction of sp³-hybridized carbons (Fsp3) is 0.600. The highest BCUT2D eigenvalue weighted by atomic mass is 32.1. The van der Waals surface area contributed by atoms with Gasteiger partial charge >= 0.3 is 0 Å². The number of nitrogens with zero attached hydrogens (tertiary/aromatic N) is 2. The van der Waals surface area contributed by atoms with Gasteiger partial charge in [0.05, 0.1) is 11.5 Å². The van der Waals surface area contributed by atoms with Gasteiger partial charge in [0.25, 0.3) is 0 Å². The van der Waals surface area contributed by atoms with E-state index in [9.17, 15) is 0 Å². The van der Waals surface area contributed by atoms with Gasteiger partial charge in [0.2, 0.25) is 0 Å². The van der Waals surface area contributed by atoms with E-state index in [4.69, 9.17) is 4.74 Å². The summed E-state index contributed by atoms with van der Waals surface area (Å²) in [6, 6.07) is 4.39. The lowest BCUT2D eigenvalue weighted by Crippen LogP contribution is -1.95. The average Bonchev–Trinajstić information content (AvgIpc) is 3.32. The van der Waals surface area contributed by atoms with Gasteiger partial charge in [-0.15, -0.1) is 11.3 Å². The van der Waals surface area contributed by atoms with Gasteiger partial charge in [-0.05, 0) is 30.9 Å². The van der Waals surface area contributed by atoms with Crippen LogP contribution in [0.4, 0.5) is 0 Å². The minimum Gasteiger partial charge on any atom is -0.484 e. The van der Waals surface area contributed by atoms with Crippen LogP contribution >= 0.6 is 22.7 Å². The van der Waals surface area contributed by atoms with E-state index in [1.807, 2.05) is 12.4 Å². The highest BCUT2D eigenvalue weighted by Crippen LogP contribution is 2.40. The summed E-state index contributed by atoms with van der Waals surface area (Å²) >= 11 is 3.50. The maximum atomic E-state index is 5.99. The van der Waals surface area contributed by atoms with Crippen LogP contribution in [0.25, 0.3) is 20.1 Å². The second kappa shape index (κ2) is 13.1. The topological polar surface area (TPSA) is 35.0 Å². The van der Waals surface area contributed by atoms with E-state index in [1.165, 1.54) is 79.2 Å². The first-order chi connectivity index (χ1) is 14.8. The van der Waals surface area contributed by atoms with Crippen LogP contribution in [0.15, 0.2) is 24.5 Å². The van der Waals surface area contributed by atoms with E-state index in [0.29, 0.717) is 0 Å². The van der Waals surface area contributed by atoms with Crippen molar-refractivity contribution in [3.63, 3.8) is 0 Å². The minimum atomic E-state index is 0.831. The van der Waals surface area contributed by atoms with Crippen LogP contribution in [0.2, 0.25) is 0 Å². The summed E-state index contributed by atoms with van der Waals surface area (Å²) in [5.74, 6) is 0.839. The highest BCUT2D eigenvalue weighted by Gasteiger charge is 2.11. The summed E-state index contributed by atoms with van der Waals surface area (Å²) in [7, 11) is 0. The number of rotatable bonds is 15. The van der Waals surface area contributed by atoms with Crippen LogP contribution in [0.5, 0.6) is 5.06 Å². The molecule has 0 atom stereocenters. The Bertz CT molecular complexity index is 822. The first-order valence-electron chi connectivity index (χ1n) is 11.8. The van der Waals surface area contributed by atoms with Crippen molar-refractivity contribution in [3.8, 4) is 15.8 Å². The normalized spacial score (nSPS) is 11.4. The molecule has 0 aliphatic carbocycles. The van der Waals surface area contributed by atoms with E-state index in [2.05, 4.69) is 35.9 Å². The zero-order valence-corrected chi connectivity index (χ0v) is 20.3. The molecule has 0 saturated carbocycles. The van der Waals surface area contributed by atoms with Crippen LogP contribution in [0, 0.1) is 0 Å². The van der Waals surface area contributed by atoms with Gasteiger partial charge in [-0.2, -0.15) is 0 Å². The number of hydrogen-bond donors (Lipinski definition) is 0. The van der Waals surface area contributed by atoms with Crippen LogP contribution < -0.4 is 4.74 Å². The smallest absolute Gasteiger partial charge is 0.175 e. The Kier molecular flexibility index (Phi) is 10.1. The predicted octanol–water partition coefficient (Wildman–Crippen LogP) is 8.67. The monoisotopic (exact) mass is 444 g/mol. The van der Waals surface area contributed by atoms with Gasteiger partial charge in [0, 0.05) is 27.9 Å². The third-order valence-corrected chi connectivity index (χ3v) is 7.62. The predicted molar refractivity (Wildman–Crippen MR) is 132 cm³/mol. The molecule has 0 amide bonds. The lowest BCUT2D eigenvalue weighted by atomic mass is 10.1. The average molecular weight is 445 g/mol. The molecule has 0 spiro atoms. The number of aromatic nitrogens is 2. The standard InChI is InChI=1S/C25H36N2OS2/c1-3-5-7-9-10-11-13-15-28-24-17-22-21(30-24)16-23(29-22)25-26-18-20(19-27-25)14-12-8-6-4-2/h16-19H,3-15H2,1-2H3. The third-order valence-electron chi connectivity index (χ3n) is 5.42. The molecule has 0 aromatic carbocycles. The van der Waals surface area contributed by atoms with Crippen molar-refractivity contribution in [2.24, 2.45) is 0 Å². The second-order valence-corrected chi connectivity index (χ2v) is 10.2. The van der Waals surface area contributed by atoms with Crippen molar-refractivity contribution in [2.75, 3.05) is 6.61 Å². The minimum absolute atomic E-state index is 0.831. The summed E-state index contributed by atoms with van der Waals surface area (Å²) in [4.78, 5) is 10.4. The molecule has 0 aliphatic heterocycles. The number of unbranched alkanes of at least 4 members (excludes halogenated alkanes) is 9. The Labute approximate surface area is 189 Å². The summed E-state index contributed by atoms with van der Waals surface area (Å²) in [6.07, 6.45) is 19.4. The zero-order valence-electron chi connectivity index (χ0n) is 18.6. The Balaban J connectivity index is 1.43. The molecule has 0 bridgehead atoms. The molecule has 0 aliphatic rings. The van der Waals surface area contributed by atoms with E-state index in [1.54, 1.807) is 22.7 Å². The van der Waals surface area contributed by atoms with Crippen molar-refractivity contribution < 1.29 is 4.74 Å². The Hall–Kier alpha value is -1.46. The van der Waals surface area contributed by atoms with Gasteiger partial charge in [0.1, 0.15) is 0 Å². The van der Waals surface area contributed by atoms with Crippen molar-refractivity contribution in [2.45, 2.75) is 90.9 Å². The molecule has 164 valence electrons. The first-order valence-corrected chi connectivity index (χ1v) is 13.4. The summed E-state index contributed by atoms with van der Waals surface area (Å²) < 4.78 is 8.54. The number of ether oxygens (including phenoxy) is 1.